The highest BCUT2D eigenvalue weighted by Crippen LogP contribution is 2.51. The van der Waals surface area contributed by atoms with Gasteiger partial charge in [0.2, 0.25) is 0 Å². The summed E-state index contributed by atoms with van der Waals surface area (Å²) in [5.41, 5.74) is 4.11. The molecule has 0 amide bonds. The fourth-order valence-electron chi connectivity index (χ4n) is 3.75. The SMILES string of the molecule is CC.CC(C)(C)C(=C(C(C)(C)C)C(C)(C)C)C(C)(C)C. The molecule has 0 aromatic rings. The maximum Gasteiger partial charge on any atom is -0.0165 e. The number of allylic oxidation sites excluding steroid dienone is 2. The molecule has 0 aromatic heterocycles. The van der Waals surface area contributed by atoms with Crippen molar-refractivity contribution in [1.29, 1.82) is 0 Å². The smallest absolute Gasteiger partial charge is 0.0165 e. The van der Waals surface area contributed by atoms with Crippen molar-refractivity contribution in [1.82, 2.24) is 0 Å². The molecule has 0 radical (unpaired) electrons. The second-order valence-electron chi connectivity index (χ2n) is 9.75. The van der Waals surface area contributed by atoms with E-state index in [-0.39, 0.29) is 21.7 Å². The van der Waals surface area contributed by atoms with Crippen LogP contribution in [0.1, 0.15) is 96.9 Å². The van der Waals surface area contributed by atoms with Gasteiger partial charge in [-0.2, -0.15) is 0 Å². The van der Waals surface area contributed by atoms with E-state index in [4.69, 9.17) is 0 Å². The zero-order valence-electron chi connectivity index (χ0n) is 17.0. The van der Waals surface area contributed by atoms with Crippen LogP contribution in [0.4, 0.5) is 0 Å². The minimum atomic E-state index is 0.216. The van der Waals surface area contributed by atoms with Gasteiger partial charge in [-0.3, -0.25) is 0 Å². The van der Waals surface area contributed by atoms with Crippen LogP contribution in [0.15, 0.2) is 11.1 Å². The summed E-state index contributed by atoms with van der Waals surface area (Å²) in [4.78, 5) is 0. The maximum atomic E-state index is 2.35. The molecule has 0 aromatic carbocycles. The molecule has 0 fully saturated rings. The first-order valence-corrected chi connectivity index (χ1v) is 8.25. The van der Waals surface area contributed by atoms with E-state index in [9.17, 15) is 0 Å². The van der Waals surface area contributed by atoms with E-state index in [0.717, 1.165) is 0 Å². The van der Waals surface area contributed by atoms with E-state index in [1.807, 2.05) is 13.8 Å². The average Bonchev–Trinajstić information content (AvgIpc) is 2.09. The van der Waals surface area contributed by atoms with Crippen LogP contribution >= 0.6 is 0 Å². The Kier molecular flexibility index (Phi) is 7.34. The first-order valence-electron chi connectivity index (χ1n) is 8.25. The summed E-state index contributed by atoms with van der Waals surface area (Å²) in [6.07, 6.45) is 0. The average molecular weight is 283 g/mol. The van der Waals surface area contributed by atoms with Gasteiger partial charge in [0, 0.05) is 0 Å². The summed E-state index contributed by atoms with van der Waals surface area (Å²) >= 11 is 0. The first-order chi connectivity index (χ1) is 8.49. The van der Waals surface area contributed by atoms with Crippen LogP contribution in [0.25, 0.3) is 0 Å². The standard InChI is InChI=1S/C18H36.C2H6/c1-15(2,3)13(16(4,5)6)14(17(7,8)9)18(10,11)12;1-2/h1-12H3;1-2H3. The van der Waals surface area contributed by atoms with Gasteiger partial charge in [0.15, 0.2) is 0 Å². The number of hydrogen-bond donors (Lipinski definition) is 0. The molecule has 0 unspecified atom stereocenters. The highest BCUT2D eigenvalue weighted by molar-refractivity contribution is 5.33. The fourth-order valence-corrected chi connectivity index (χ4v) is 3.75. The van der Waals surface area contributed by atoms with E-state index < -0.39 is 0 Å². The summed E-state index contributed by atoms with van der Waals surface area (Å²) in [5, 5.41) is 0. The van der Waals surface area contributed by atoms with Crippen LogP contribution in [0.2, 0.25) is 0 Å². The van der Waals surface area contributed by atoms with E-state index in [1.165, 1.54) is 0 Å². The van der Waals surface area contributed by atoms with Crippen molar-refractivity contribution in [2.45, 2.75) is 96.9 Å². The lowest BCUT2D eigenvalue weighted by atomic mass is 9.60. The molecule has 0 bridgehead atoms. The van der Waals surface area contributed by atoms with E-state index in [1.54, 1.807) is 11.1 Å². The first kappa shape index (κ1) is 22.0. The van der Waals surface area contributed by atoms with Crippen molar-refractivity contribution in [3.05, 3.63) is 11.1 Å². The van der Waals surface area contributed by atoms with Gasteiger partial charge >= 0.3 is 0 Å². The Morgan fingerprint density at radius 1 is 0.350 bits per heavy atom. The Balaban J connectivity index is 0. The highest BCUT2D eigenvalue weighted by atomic mass is 14.4. The third-order valence-electron chi connectivity index (χ3n) is 3.25. The zero-order valence-corrected chi connectivity index (χ0v) is 17.0. The fraction of sp³-hybridized carbons (Fsp3) is 0.900. The lowest BCUT2D eigenvalue weighted by molar-refractivity contribution is 0.287. The van der Waals surface area contributed by atoms with Crippen LogP contribution in [-0.4, -0.2) is 0 Å². The summed E-state index contributed by atoms with van der Waals surface area (Å²) in [5.74, 6) is 0. The van der Waals surface area contributed by atoms with Gasteiger partial charge in [-0.15, -0.1) is 0 Å². The minimum absolute atomic E-state index is 0.216. The van der Waals surface area contributed by atoms with Crippen molar-refractivity contribution < 1.29 is 0 Å². The second kappa shape index (κ2) is 6.67. The molecular formula is C20H42. The van der Waals surface area contributed by atoms with Crippen LogP contribution in [-0.2, 0) is 0 Å². The molecule has 0 saturated heterocycles. The van der Waals surface area contributed by atoms with Crippen LogP contribution in [0, 0.1) is 21.7 Å². The molecule has 0 spiro atoms. The molecule has 0 saturated carbocycles. The molecule has 122 valence electrons. The van der Waals surface area contributed by atoms with Crippen molar-refractivity contribution in [3.8, 4) is 0 Å². The Morgan fingerprint density at radius 3 is 0.500 bits per heavy atom. The summed E-state index contributed by atoms with van der Waals surface area (Å²) < 4.78 is 0. The highest BCUT2D eigenvalue weighted by Gasteiger charge is 2.39. The summed E-state index contributed by atoms with van der Waals surface area (Å²) in [7, 11) is 0. The van der Waals surface area contributed by atoms with Crippen LogP contribution in [0.3, 0.4) is 0 Å². The topological polar surface area (TPSA) is 0 Å². The predicted octanol–water partition coefficient (Wildman–Crippen LogP) is 7.49. The van der Waals surface area contributed by atoms with Crippen LogP contribution in [0.5, 0.6) is 0 Å². The lowest BCUT2D eigenvalue weighted by Gasteiger charge is -2.45. The third kappa shape index (κ3) is 6.46. The van der Waals surface area contributed by atoms with Crippen molar-refractivity contribution >= 4 is 0 Å². The molecule has 0 rings (SSSR count). The number of rotatable bonds is 0. The largest absolute Gasteiger partial charge is 0.0683 e. The molecular weight excluding hydrogens is 240 g/mol. The molecule has 0 N–H and O–H groups in total. The lowest BCUT2D eigenvalue weighted by Crippen LogP contribution is -2.33. The Morgan fingerprint density at radius 2 is 0.450 bits per heavy atom. The van der Waals surface area contributed by atoms with Gasteiger partial charge in [0.05, 0.1) is 0 Å². The van der Waals surface area contributed by atoms with Gasteiger partial charge in [-0.1, -0.05) is 108 Å². The molecule has 0 aliphatic carbocycles. The number of hydrogen-bond acceptors (Lipinski definition) is 0. The van der Waals surface area contributed by atoms with Gasteiger partial charge < -0.3 is 0 Å². The summed E-state index contributed by atoms with van der Waals surface area (Å²) in [6.45, 7) is 32.2. The molecule has 0 atom stereocenters. The van der Waals surface area contributed by atoms with E-state index in [2.05, 4.69) is 83.1 Å². The quantitative estimate of drug-likeness (QED) is 0.404. The predicted molar refractivity (Wildman–Crippen MR) is 96.2 cm³/mol. The Bertz CT molecular complexity index is 247. The van der Waals surface area contributed by atoms with Gasteiger partial charge in [0.25, 0.3) is 0 Å². The molecule has 0 heterocycles. The van der Waals surface area contributed by atoms with E-state index >= 15 is 0 Å². The molecule has 0 aliphatic heterocycles. The monoisotopic (exact) mass is 282 g/mol. The van der Waals surface area contributed by atoms with Gasteiger partial charge in [-0.25, -0.2) is 0 Å². The Hall–Kier alpha value is -0.260. The zero-order chi connectivity index (χ0) is 17.2. The molecule has 0 nitrogen and oxygen atoms in total. The third-order valence-corrected chi connectivity index (χ3v) is 3.25. The normalized spacial score (nSPS) is 13.5. The van der Waals surface area contributed by atoms with Crippen molar-refractivity contribution in [2.24, 2.45) is 21.7 Å². The van der Waals surface area contributed by atoms with Gasteiger partial charge in [-0.05, 0) is 21.7 Å². The maximum absolute atomic E-state index is 2.35. The van der Waals surface area contributed by atoms with Gasteiger partial charge in [0.1, 0.15) is 0 Å². The van der Waals surface area contributed by atoms with Crippen molar-refractivity contribution in [2.75, 3.05) is 0 Å². The molecule has 0 aliphatic rings. The molecule has 20 heavy (non-hydrogen) atoms. The minimum Gasteiger partial charge on any atom is -0.0683 e. The summed E-state index contributed by atoms with van der Waals surface area (Å²) in [6, 6.07) is 0. The van der Waals surface area contributed by atoms with E-state index in [0.29, 0.717) is 0 Å². The van der Waals surface area contributed by atoms with Crippen molar-refractivity contribution in [3.63, 3.8) is 0 Å². The Labute approximate surface area is 130 Å². The van der Waals surface area contributed by atoms with Crippen LogP contribution < -0.4 is 0 Å². The second-order valence-corrected chi connectivity index (χ2v) is 9.75. The molecule has 0 heteroatoms.